The molecule has 0 aliphatic carbocycles. The van der Waals surface area contributed by atoms with Crippen molar-refractivity contribution in [2.24, 2.45) is 0 Å². The molecule has 2 aromatic rings. The van der Waals surface area contributed by atoms with E-state index < -0.39 is 5.91 Å². The summed E-state index contributed by atoms with van der Waals surface area (Å²) in [7, 11) is 0. The van der Waals surface area contributed by atoms with Gasteiger partial charge in [0.2, 0.25) is 5.91 Å². The molecule has 2 amide bonds. The molecule has 2 aromatic carbocycles. The first-order valence-corrected chi connectivity index (χ1v) is 8.52. The lowest BCUT2D eigenvalue weighted by Gasteiger charge is -2.07. The predicted octanol–water partition coefficient (Wildman–Crippen LogP) is 3.94. The zero-order chi connectivity index (χ0) is 16.7. The van der Waals surface area contributed by atoms with Crippen LogP contribution in [0.4, 0.5) is 0 Å². The van der Waals surface area contributed by atoms with Crippen LogP contribution in [0.5, 0.6) is 0 Å². The fraction of sp³-hybridized carbons (Fsp3) is 0.125. The summed E-state index contributed by atoms with van der Waals surface area (Å²) in [5, 5.41) is 1.14. The van der Waals surface area contributed by atoms with Gasteiger partial charge in [-0.1, -0.05) is 29.3 Å². The molecule has 0 atom stereocenters. The molecule has 23 heavy (non-hydrogen) atoms. The maximum atomic E-state index is 11.8. The lowest BCUT2D eigenvalue weighted by Crippen LogP contribution is -2.41. The van der Waals surface area contributed by atoms with Gasteiger partial charge in [-0.05, 0) is 42.5 Å². The number of nitrogens with one attached hydrogen (secondary N) is 2. The van der Waals surface area contributed by atoms with Crippen LogP contribution in [-0.4, -0.2) is 17.6 Å². The standard InChI is InChI=1S/C16H14Cl2N2O2S/c17-12-4-6-14(7-5-12)23-9-8-15(21)19-20-16(22)11-2-1-3-13(18)10-11/h1-7,10H,8-9H2,(H,19,21)(H,20,22). The average Bonchev–Trinajstić information content (AvgIpc) is 2.54. The fourth-order valence-electron chi connectivity index (χ4n) is 1.68. The van der Waals surface area contributed by atoms with Crippen LogP contribution in [-0.2, 0) is 4.79 Å². The lowest BCUT2D eigenvalue weighted by molar-refractivity contribution is -0.121. The fourth-order valence-corrected chi connectivity index (χ4v) is 2.85. The van der Waals surface area contributed by atoms with E-state index in [0.29, 0.717) is 21.4 Å². The van der Waals surface area contributed by atoms with Crippen LogP contribution in [0.25, 0.3) is 0 Å². The second-order valence-corrected chi connectivity index (χ2v) is 6.61. The van der Waals surface area contributed by atoms with Crippen LogP contribution in [0.3, 0.4) is 0 Å². The first-order valence-electron chi connectivity index (χ1n) is 6.78. The topological polar surface area (TPSA) is 58.2 Å². The number of amides is 2. The van der Waals surface area contributed by atoms with Gasteiger partial charge in [-0.25, -0.2) is 0 Å². The highest BCUT2D eigenvalue weighted by molar-refractivity contribution is 7.99. The van der Waals surface area contributed by atoms with E-state index in [-0.39, 0.29) is 12.3 Å². The van der Waals surface area contributed by atoms with E-state index in [1.807, 2.05) is 12.1 Å². The Morgan fingerprint density at radius 1 is 0.957 bits per heavy atom. The number of carbonyl (C=O) groups is 2. The van der Waals surface area contributed by atoms with Gasteiger partial charge < -0.3 is 0 Å². The SMILES string of the molecule is O=C(CCSc1ccc(Cl)cc1)NNC(=O)c1cccc(Cl)c1. The molecule has 2 N–H and O–H groups in total. The Labute approximate surface area is 148 Å². The van der Waals surface area contributed by atoms with Crippen molar-refractivity contribution >= 4 is 46.8 Å². The number of benzene rings is 2. The first-order chi connectivity index (χ1) is 11.0. The van der Waals surface area contributed by atoms with Gasteiger partial charge in [-0.2, -0.15) is 0 Å². The smallest absolute Gasteiger partial charge is 0.269 e. The van der Waals surface area contributed by atoms with Crippen molar-refractivity contribution in [1.82, 2.24) is 10.9 Å². The van der Waals surface area contributed by atoms with Crippen molar-refractivity contribution in [1.29, 1.82) is 0 Å². The van der Waals surface area contributed by atoms with Crippen molar-refractivity contribution < 1.29 is 9.59 Å². The largest absolute Gasteiger partial charge is 0.273 e. The Bertz CT molecular complexity index is 693. The maximum absolute atomic E-state index is 11.8. The van der Waals surface area contributed by atoms with Crippen molar-refractivity contribution in [3.63, 3.8) is 0 Å². The molecule has 0 saturated carbocycles. The average molecular weight is 369 g/mol. The minimum Gasteiger partial charge on any atom is -0.273 e. The van der Waals surface area contributed by atoms with Gasteiger partial charge in [-0.3, -0.25) is 20.4 Å². The Kier molecular flexibility index (Phi) is 6.77. The van der Waals surface area contributed by atoms with Crippen molar-refractivity contribution in [2.75, 3.05) is 5.75 Å². The molecule has 0 bridgehead atoms. The molecule has 0 saturated heterocycles. The summed E-state index contributed by atoms with van der Waals surface area (Å²) in [5.74, 6) is -0.0754. The normalized spacial score (nSPS) is 10.2. The lowest BCUT2D eigenvalue weighted by atomic mass is 10.2. The zero-order valence-corrected chi connectivity index (χ0v) is 14.3. The van der Waals surface area contributed by atoms with E-state index in [1.54, 1.807) is 42.1 Å². The Morgan fingerprint density at radius 2 is 1.70 bits per heavy atom. The predicted molar refractivity (Wildman–Crippen MR) is 93.9 cm³/mol. The van der Waals surface area contributed by atoms with Crippen LogP contribution >= 0.6 is 35.0 Å². The molecule has 120 valence electrons. The van der Waals surface area contributed by atoms with E-state index >= 15 is 0 Å². The number of halogens is 2. The van der Waals surface area contributed by atoms with Crippen LogP contribution in [0.2, 0.25) is 10.0 Å². The molecule has 0 radical (unpaired) electrons. The molecule has 0 unspecified atom stereocenters. The molecule has 7 heteroatoms. The molecule has 4 nitrogen and oxygen atoms in total. The van der Waals surface area contributed by atoms with E-state index in [1.165, 1.54) is 6.07 Å². The highest BCUT2D eigenvalue weighted by Gasteiger charge is 2.07. The molecule has 0 aromatic heterocycles. The zero-order valence-electron chi connectivity index (χ0n) is 12.0. The number of hydrogen-bond acceptors (Lipinski definition) is 3. The Hall–Kier alpha value is -1.69. The van der Waals surface area contributed by atoms with Crippen molar-refractivity contribution in [3.05, 3.63) is 64.1 Å². The van der Waals surface area contributed by atoms with Crippen LogP contribution in [0.1, 0.15) is 16.8 Å². The van der Waals surface area contributed by atoms with E-state index in [2.05, 4.69) is 10.9 Å². The number of carbonyl (C=O) groups excluding carboxylic acids is 2. The highest BCUT2D eigenvalue weighted by atomic mass is 35.5. The van der Waals surface area contributed by atoms with Gasteiger partial charge >= 0.3 is 0 Å². The molecule has 0 spiro atoms. The summed E-state index contributed by atoms with van der Waals surface area (Å²) in [6.45, 7) is 0. The highest BCUT2D eigenvalue weighted by Crippen LogP contribution is 2.20. The molecule has 2 rings (SSSR count). The third-order valence-corrected chi connectivity index (χ3v) is 4.31. The monoisotopic (exact) mass is 368 g/mol. The maximum Gasteiger partial charge on any atom is 0.269 e. The first kappa shape index (κ1) is 17.7. The van der Waals surface area contributed by atoms with Gasteiger partial charge in [0, 0.05) is 32.7 Å². The third kappa shape index (κ3) is 6.14. The van der Waals surface area contributed by atoms with Gasteiger partial charge in [0.25, 0.3) is 5.91 Å². The molecule has 0 aliphatic heterocycles. The molecular weight excluding hydrogens is 355 g/mol. The van der Waals surface area contributed by atoms with Gasteiger partial charge in [0.1, 0.15) is 0 Å². The summed E-state index contributed by atoms with van der Waals surface area (Å²) in [6, 6.07) is 13.9. The second kappa shape index (κ2) is 8.82. The second-order valence-electron chi connectivity index (χ2n) is 4.57. The summed E-state index contributed by atoms with van der Waals surface area (Å²) in [5.41, 5.74) is 5.12. The quantitative estimate of drug-likeness (QED) is 0.620. The number of rotatable bonds is 5. The molecule has 0 heterocycles. The van der Waals surface area contributed by atoms with Crippen LogP contribution in [0.15, 0.2) is 53.4 Å². The summed E-state index contributed by atoms with van der Waals surface area (Å²) in [6.07, 6.45) is 0.281. The van der Waals surface area contributed by atoms with Crippen molar-refractivity contribution in [3.8, 4) is 0 Å². The van der Waals surface area contributed by atoms with E-state index in [0.717, 1.165) is 4.90 Å². The summed E-state index contributed by atoms with van der Waals surface area (Å²) in [4.78, 5) is 24.6. The summed E-state index contributed by atoms with van der Waals surface area (Å²) < 4.78 is 0. The molecule has 0 aliphatic rings. The van der Waals surface area contributed by atoms with Gasteiger partial charge in [0.15, 0.2) is 0 Å². The van der Waals surface area contributed by atoms with E-state index in [4.69, 9.17) is 23.2 Å². The number of thioether (sulfide) groups is 1. The van der Waals surface area contributed by atoms with Crippen LogP contribution < -0.4 is 10.9 Å². The van der Waals surface area contributed by atoms with Crippen LogP contribution in [0, 0.1) is 0 Å². The molecular formula is C16H14Cl2N2O2S. The van der Waals surface area contributed by atoms with E-state index in [9.17, 15) is 9.59 Å². The Balaban J connectivity index is 1.70. The Morgan fingerprint density at radius 3 is 2.39 bits per heavy atom. The minimum absolute atomic E-state index is 0.262. The van der Waals surface area contributed by atoms with Gasteiger partial charge in [-0.15, -0.1) is 11.8 Å². The van der Waals surface area contributed by atoms with Gasteiger partial charge in [0.05, 0.1) is 0 Å². The third-order valence-electron chi connectivity index (χ3n) is 2.81. The van der Waals surface area contributed by atoms with Crippen molar-refractivity contribution in [2.45, 2.75) is 11.3 Å². The number of hydrogen-bond donors (Lipinski definition) is 2. The summed E-state index contributed by atoms with van der Waals surface area (Å²) >= 11 is 13.2. The minimum atomic E-state index is -0.411. The number of hydrazine groups is 1. The molecule has 0 fully saturated rings.